The van der Waals surface area contributed by atoms with E-state index in [-0.39, 0.29) is 11.3 Å². The first kappa shape index (κ1) is 21.9. The van der Waals surface area contributed by atoms with Gasteiger partial charge in [0.25, 0.3) is 0 Å². The Bertz CT molecular complexity index is 1490. The molecule has 5 rings (SSSR count). The summed E-state index contributed by atoms with van der Waals surface area (Å²) in [6.07, 6.45) is 0. The van der Waals surface area contributed by atoms with Gasteiger partial charge in [-0.05, 0) is 48.2 Å². The van der Waals surface area contributed by atoms with Crippen LogP contribution in [-0.4, -0.2) is 10.2 Å². The van der Waals surface area contributed by atoms with Gasteiger partial charge in [-0.25, -0.2) is 9.59 Å². The average Bonchev–Trinajstić information content (AvgIpc) is 3.22. The van der Waals surface area contributed by atoms with Crippen LogP contribution in [0.2, 0.25) is 0 Å². The van der Waals surface area contributed by atoms with Crippen molar-refractivity contribution in [2.75, 3.05) is 0 Å². The molecule has 166 valence electrons. The fourth-order valence-corrected chi connectivity index (χ4v) is 6.51. The molecule has 0 bridgehead atoms. The molecule has 0 saturated carbocycles. The second-order valence-electron chi connectivity index (χ2n) is 7.59. The second-order valence-corrected chi connectivity index (χ2v) is 11.0. The Morgan fingerprint density at radius 1 is 0.727 bits per heavy atom. The van der Waals surface area contributed by atoms with E-state index in [4.69, 9.17) is 8.83 Å². The number of benzene rings is 2. The molecule has 5 aromatic rings. The minimum absolute atomic E-state index is 0.355. The summed E-state index contributed by atoms with van der Waals surface area (Å²) >= 11 is 4.57. The molecule has 0 aliphatic carbocycles. The molecule has 0 radical (unpaired) electrons. The quantitative estimate of drug-likeness (QED) is 0.211. The molecule has 9 heteroatoms. The van der Waals surface area contributed by atoms with Gasteiger partial charge in [0.2, 0.25) is 0 Å². The van der Waals surface area contributed by atoms with E-state index in [1.807, 2.05) is 50.2 Å². The van der Waals surface area contributed by atoms with Gasteiger partial charge in [-0.15, -0.1) is 10.2 Å². The first-order valence-corrected chi connectivity index (χ1v) is 12.9. The first-order chi connectivity index (χ1) is 15.9. The SMILES string of the molecule is Cc1ccc2c(CSc3nnc(SCc4cc(=O)oc5cc(C)ccc45)s3)cc(=O)oc2c1. The zero-order chi connectivity index (χ0) is 22.9. The zero-order valence-corrected chi connectivity index (χ0v) is 20.2. The molecule has 0 aliphatic rings. The van der Waals surface area contributed by atoms with E-state index in [9.17, 15) is 9.59 Å². The van der Waals surface area contributed by atoms with E-state index >= 15 is 0 Å². The van der Waals surface area contributed by atoms with Crippen molar-refractivity contribution in [2.24, 2.45) is 0 Å². The number of nitrogens with zero attached hydrogens (tertiary/aromatic N) is 2. The molecule has 0 unspecified atom stereocenters. The number of hydrogen-bond donors (Lipinski definition) is 0. The summed E-state index contributed by atoms with van der Waals surface area (Å²) in [6, 6.07) is 14.8. The number of aromatic nitrogens is 2. The third-order valence-electron chi connectivity index (χ3n) is 5.06. The van der Waals surface area contributed by atoms with Gasteiger partial charge in [0.05, 0.1) is 0 Å². The van der Waals surface area contributed by atoms with Gasteiger partial charge in [0.1, 0.15) is 11.2 Å². The molecule has 0 amide bonds. The van der Waals surface area contributed by atoms with Crippen LogP contribution >= 0.6 is 34.9 Å². The van der Waals surface area contributed by atoms with Gasteiger partial charge >= 0.3 is 11.3 Å². The molecule has 0 aliphatic heterocycles. The normalized spacial score (nSPS) is 11.5. The first-order valence-electron chi connectivity index (χ1n) is 10.1. The van der Waals surface area contributed by atoms with Gasteiger partial charge in [-0.2, -0.15) is 0 Å². The molecule has 0 fully saturated rings. The average molecular weight is 495 g/mol. The monoisotopic (exact) mass is 494 g/mol. The van der Waals surface area contributed by atoms with Crippen LogP contribution < -0.4 is 11.3 Å². The highest BCUT2D eigenvalue weighted by molar-refractivity contribution is 8.02. The van der Waals surface area contributed by atoms with Gasteiger partial charge in [0, 0.05) is 34.4 Å². The third kappa shape index (κ3) is 4.90. The van der Waals surface area contributed by atoms with Crippen molar-refractivity contribution < 1.29 is 8.83 Å². The fraction of sp³-hybridized carbons (Fsp3) is 0.167. The largest absolute Gasteiger partial charge is 0.423 e. The van der Waals surface area contributed by atoms with Crippen LogP contribution in [0.4, 0.5) is 0 Å². The number of hydrogen-bond acceptors (Lipinski definition) is 9. The van der Waals surface area contributed by atoms with Crippen molar-refractivity contribution in [1.82, 2.24) is 10.2 Å². The van der Waals surface area contributed by atoms with Gasteiger partial charge < -0.3 is 8.83 Å². The number of aryl methyl sites for hydroxylation is 2. The van der Waals surface area contributed by atoms with Crippen LogP contribution in [0.5, 0.6) is 0 Å². The highest BCUT2D eigenvalue weighted by Crippen LogP contribution is 2.34. The maximum atomic E-state index is 12.0. The predicted octanol–water partition coefficient (Wildman–Crippen LogP) is 5.95. The highest BCUT2D eigenvalue weighted by atomic mass is 32.2. The minimum Gasteiger partial charge on any atom is -0.423 e. The van der Waals surface area contributed by atoms with Crippen molar-refractivity contribution in [2.45, 2.75) is 34.0 Å². The molecular weight excluding hydrogens is 476 g/mol. The van der Waals surface area contributed by atoms with E-state index in [0.717, 1.165) is 41.7 Å². The molecular formula is C24H18N2O4S3. The summed E-state index contributed by atoms with van der Waals surface area (Å²) < 4.78 is 12.3. The molecule has 0 N–H and O–H groups in total. The Morgan fingerprint density at radius 2 is 1.18 bits per heavy atom. The Hall–Kier alpha value is -2.88. The van der Waals surface area contributed by atoms with E-state index in [0.29, 0.717) is 22.7 Å². The van der Waals surface area contributed by atoms with Crippen molar-refractivity contribution >= 4 is 56.8 Å². The Kier molecular flexibility index (Phi) is 6.09. The third-order valence-corrected chi connectivity index (χ3v) is 8.35. The Morgan fingerprint density at radius 3 is 1.64 bits per heavy atom. The van der Waals surface area contributed by atoms with Gasteiger partial charge in [-0.1, -0.05) is 59.1 Å². The summed E-state index contributed by atoms with van der Waals surface area (Å²) in [5.41, 5.74) is 4.39. The van der Waals surface area contributed by atoms with E-state index in [1.165, 1.54) is 47.0 Å². The maximum Gasteiger partial charge on any atom is 0.336 e. The van der Waals surface area contributed by atoms with Crippen molar-refractivity contribution in [3.05, 3.63) is 91.6 Å². The molecule has 3 heterocycles. The lowest BCUT2D eigenvalue weighted by Crippen LogP contribution is -2.00. The summed E-state index contributed by atoms with van der Waals surface area (Å²) in [7, 11) is 0. The van der Waals surface area contributed by atoms with Crippen LogP contribution in [0.1, 0.15) is 22.3 Å². The molecule has 33 heavy (non-hydrogen) atoms. The number of rotatable bonds is 6. The Balaban J connectivity index is 1.30. The van der Waals surface area contributed by atoms with E-state index in [2.05, 4.69) is 10.2 Å². The molecule has 0 saturated heterocycles. The zero-order valence-electron chi connectivity index (χ0n) is 17.8. The smallest absolute Gasteiger partial charge is 0.336 e. The Labute approximate surface area is 201 Å². The summed E-state index contributed by atoms with van der Waals surface area (Å²) in [5.74, 6) is 1.18. The van der Waals surface area contributed by atoms with Crippen molar-refractivity contribution in [3.8, 4) is 0 Å². The maximum absolute atomic E-state index is 12.0. The van der Waals surface area contributed by atoms with Crippen molar-refractivity contribution in [1.29, 1.82) is 0 Å². The van der Waals surface area contributed by atoms with Crippen LogP contribution in [-0.2, 0) is 11.5 Å². The van der Waals surface area contributed by atoms with E-state index < -0.39 is 0 Å². The summed E-state index contributed by atoms with van der Waals surface area (Å²) in [4.78, 5) is 23.9. The van der Waals surface area contributed by atoms with Gasteiger partial charge in [-0.3, -0.25) is 0 Å². The minimum atomic E-state index is -0.355. The van der Waals surface area contributed by atoms with E-state index in [1.54, 1.807) is 0 Å². The molecule has 3 aromatic heterocycles. The highest BCUT2D eigenvalue weighted by Gasteiger charge is 2.12. The van der Waals surface area contributed by atoms with Crippen LogP contribution in [0.25, 0.3) is 21.9 Å². The van der Waals surface area contributed by atoms with Crippen molar-refractivity contribution in [3.63, 3.8) is 0 Å². The number of fused-ring (bicyclic) bond motifs is 2. The van der Waals surface area contributed by atoms with Crippen LogP contribution in [0.15, 0.2) is 75.6 Å². The van der Waals surface area contributed by atoms with Crippen LogP contribution in [0.3, 0.4) is 0 Å². The molecule has 0 spiro atoms. The summed E-state index contributed by atoms with van der Waals surface area (Å²) in [5, 5.41) is 10.4. The standard InChI is InChI=1S/C24H18N2O4S3/c1-13-3-5-17-15(9-21(27)29-19(17)7-13)11-31-23-25-26-24(33-23)32-12-16-10-22(28)30-20-8-14(2)4-6-18(16)20/h3-10H,11-12H2,1-2H3. The lowest BCUT2D eigenvalue weighted by molar-refractivity contribution is 0.559. The van der Waals surface area contributed by atoms with Gasteiger partial charge in [0.15, 0.2) is 8.68 Å². The predicted molar refractivity (Wildman–Crippen MR) is 133 cm³/mol. The lowest BCUT2D eigenvalue weighted by atomic mass is 10.1. The molecule has 2 aromatic carbocycles. The lowest BCUT2D eigenvalue weighted by Gasteiger charge is -2.05. The molecule has 0 atom stereocenters. The topological polar surface area (TPSA) is 86.2 Å². The second kappa shape index (κ2) is 9.17. The van der Waals surface area contributed by atoms with Crippen LogP contribution in [0, 0.1) is 13.8 Å². The summed E-state index contributed by atoms with van der Waals surface area (Å²) in [6.45, 7) is 3.93. The fourth-order valence-electron chi connectivity index (χ4n) is 3.51. The number of thioether (sulfide) groups is 2. The molecule has 6 nitrogen and oxygen atoms in total.